The van der Waals surface area contributed by atoms with Gasteiger partial charge in [-0.3, -0.25) is 4.79 Å². The number of anilines is 2. The van der Waals surface area contributed by atoms with Gasteiger partial charge in [0.25, 0.3) is 0 Å². The van der Waals surface area contributed by atoms with E-state index in [-0.39, 0.29) is 24.4 Å². The van der Waals surface area contributed by atoms with Crippen LogP contribution in [0.2, 0.25) is 0 Å². The zero-order valence-corrected chi connectivity index (χ0v) is 14.2. The Hall–Kier alpha value is -2.41. The van der Waals surface area contributed by atoms with E-state index in [2.05, 4.69) is 26.6 Å². The number of amides is 3. The number of nitrogens with zero attached hydrogens (tertiary/aromatic N) is 1. The smallest absolute Gasteiger partial charge is 0.319 e. The lowest BCUT2D eigenvalue weighted by atomic mass is 10.2. The Morgan fingerprint density at radius 3 is 2.75 bits per heavy atom. The number of rotatable bonds is 3. The standard InChI is InChI=1S/C17H15BrFN3O2/c18-11-3-1-5-13(7-11)20-17(24)21-14-9-16(23)22(10-14)15-6-2-4-12(19)8-15/h1-8,14H,9-10H2,(H2,20,21,24)/t14-/m1/s1. The van der Waals surface area contributed by atoms with E-state index >= 15 is 0 Å². The first-order chi connectivity index (χ1) is 11.5. The summed E-state index contributed by atoms with van der Waals surface area (Å²) in [5, 5.41) is 5.49. The largest absolute Gasteiger partial charge is 0.333 e. The number of carbonyl (C=O) groups is 2. The van der Waals surface area contributed by atoms with Crippen molar-refractivity contribution >= 4 is 39.2 Å². The summed E-state index contributed by atoms with van der Waals surface area (Å²) in [5.41, 5.74) is 1.14. The predicted molar refractivity (Wildman–Crippen MR) is 93.5 cm³/mol. The zero-order valence-electron chi connectivity index (χ0n) is 12.6. The monoisotopic (exact) mass is 391 g/mol. The highest BCUT2D eigenvalue weighted by atomic mass is 79.9. The molecule has 1 aliphatic heterocycles. The van der Waals surface area contributed by atoms with Crippen LogP contribution in [0.1, 0.15) is 6.42 Å². The van der Waals surface area contributed by atoms with Crippen LogP contribution in [0.4, 0.5) is 20.6 Å². The molecule has 3 rings (SSSR count). The predicted octanol–water partition coefficient (Wildman–Crippen LogP) is 3.52. The summed E-state index contributed by atoms with van der Waals surface area (Å²) in [6, 6.07) is 12.4. The first-order valence-corrected chi connectivity index (χ1v) is 8.19. The van der Waals surface area contributed by atoms with Gasteiger partial charge in [0, 0.05) is 28.8 Å². The summed E-state index contributed by atoms with van der Waals surface area (Å²) in [7, 11) is 0. The molecule has 0 aliphatic carbocycles. The summed E-state index contributed by atoms with van der Waals surface area (Å²) in [6.45, 7) is 0.314. The summed E-state index contributed by atoms with van der Waals surface area (Å²) in [4.78, 5) is 25.6. The SMILES string of the molecule is O=C(Nc1cccc(Br)c1)N[C@@H]1CC(=O)N(c2cccc(F)c2)C1. The lowest BCUT2D eigenvalue weighted by Crippen LogP contribution is -2.39. The van der Waals surface area contributed by atoms with Crippen molar-refractivity contribution in [2.24, 2.45) is 0 Å². The maximum Gasteiger partial charge on any atom is 0.319 e. The third-order valence-electron chi connectivity index (χ3n) is 3.66. The fraction of sp³-hybridized carbons (Fsp3) is 0.176. The van der Waals surface area contributed by atoms with Crippen molar-refractivity contribution in [1.82, 2.24) is 5.32 Å². The van der Waals surface area contributed by atoms with Crippen LogP contribution in [-0.2, 0) is 4.79 Å². The van der Waals surface area contributed by atoms with E-state index < -0.39 is 5.82 Å². The van der Waals surface area contributed by atoms with E-state index in [4.69, 9.17) is 0 Å². The molecule has 0 aromatic heterocycles. The molecule has 1 atom stereocenters. The normalized spacial score (nSPS) is 17.0. The molecule has 1 fully saturated rings. The van der Waals surface area contributed by atoms with Gasteiger partial charge in [0.05, 0.1) is 6.04 Å². The number of urea groups is 1. The van der Waals surface area contributed by atoms with Crippen molar-refractivity contribution < 1.29 is 14.0 Å². The van der Waals surface area contributed by atoms with Crippen LogP contribution < -0.4 is 15.5 Å². The number of halogens is 2. The van der Waals surface area contributed by atoms with Gasteiger partial charge in [0.15, 0.2) is 0 Å². The van der Waals surface area contributed by atoms with Gasteiger partial charge in [-0.25, -0.2) is 9.18 Å². The number of carbonyl (C=O) groups excluding carboxylic acids is 2. The lowest BCUT2D eigenvalue weighted by molar-refractivity contribution is -0.117. The molecule has 0 radical (unpaired) electrons. The molecule has 2 aromatic carbocycles. The molecule has 2 N–H and O–H groups in total. The van der Waals surface area contributed by atoms with E-state index in [1.54, 1.807) is 24.3 Å². The average Bonchev–Trinajstić information content (AvgIpc) is 2.87. The number of hydrogen-bond donors (Lipinski definition) is 2. The van der Waals surface area contributed by atoms with Crippen LogP contribution >= 0.6 is 15.9 Å². The van der Waals surface area contributed by atoms with Gasteiger partial charge in [-0.1, -0.05) is 28.1 Å². The molecule has 24 heavy (non-hydrogen) atoms. The lowest BCUT2D eigenvalue weighted by Gasteiger charge is -2.17. The van der Waals surface area contributed by atoms with Gasteiger partial charge in [0.1, 0.15) is 5.82 Å². The minimum Gasteiger partial charge on any atom is -0.333 e. The number of hydrogen-bond acceptors (Lipinski definition) is 2. The van der Waals surface area contributed by atoms with Crippen molar-refractivity contribution in [3.05, 3.63) is 58.8 Å². The molecule has 1 saturated heterocycles. The number of nitrogens with one attached hydrogen (secondary N) is 2. The van der Waals surface area contributed by atoms with E-state index in [9.17, 15) is 14.0 Å². The zero-order chi connectivity index (χ0) is 17.1. The van der Waals surface area contributed by atoms with Gasteiger partial charge < -0.3 is 15.5 Å². The second-order valence-electron chi connectivity index (χ2n) is 5.49. The molecule has 7 heteroatoms. The first-order valence-electron chi connectivity index (χ1n) is 7.40. The van der Waals surface area contributed by atoms with Gasteiger partial charge in [-0.05, 0) is 36.4 Å². The maximum atomic E-state index is 13.3. The third kappa shape index (κ3) is 3.91. The summed E-state index contributed by atoms with van der Waals surface area (Å²) in [6.07, 6.45) is 0.183. The summed E-state index contributed by atoms with van der Waals surface area (Å²) in [5.74, 6) is -0.544. The Morgan fingerprint density at radius 1 is 1.21 bits per heavy atom. The van der Waals surface area contributed by atoms with Gasteiger partial charge in [0.2, 0.25) is 5.91 Å². The topological polar surface area (TPSA) is 61.4 Å². The van der Waals surface area contributed by atoms with Gasteiger partial charge in [-0.15, -0.1) is 0 Å². The Morgan fingerprint density at radius 2 is 2.00 bits per heavy atom. The van der Waals surface area contributed by atoms with Crippen LogP contribution in [0.25, 0.3) is 0 Å². The molecule has 0 unspecified atom stereocenters. The van der Waals surface area contributed by atoms with Gasteiger partial charge >= 0.3 is 6.03 Å². The minimum absolute atomic E-state index is 0.145. The Bertz CT molecular complexity index is 784. The number of benzene rings is 2. The van der Waals surface area contributed by atoms with E-state index in [0.717, 1.165) is 4.47 Å². The van der Waals surface area contributed by atoms with Crippen LogP contribution in [0.15, 0.2) is 53.0 Å². The first kappa shape index (κ1) is 16.4. The average molecular weight is 392 g/mol. The molecule has 0 bridgehead atoms. The molecule has 3 amide bonds. The minimum atomic E-state index is -0.399. The quantitative estimate of drug-likeness (QED) is 0.840. The van der Waals surface area contributed by atoms with Crippen molar-refractivity contribution in [2.45, 2.75) is 12.5 Å². The van der Waals surface area contributed by atoms with Crippen LogP contribution in [-0.4, -0.2) is 24.5 Å². The van der Waals surface area contributed by atoms with E-state index in [1.807, 2.05) is 12.1 Å². The Kier molecular flexibility index (Phi) is 4.80. The highest BCUT2D eigenvalue weighted by Crippen LogP contribution is 2.22. The Labute approximate surface area is 147 Å². The van der Waals surface area contributed by atoms with E-state index in [0.29, 0.717) is 17.9 Å². The molecular formula is C17H15BrFN3O2. The van der Waals surface area contributed by atoms with Crippen LogP contribution in [0.3, 0.4) is 0 Å². The second-order valence-corrected chi connectivity index (χ2v) is 6.41. The molecule has 0 spiro atoms. The molecule has 1 aliphatic rings. The fourth-order valence-electron chi connectivity index (χ4n) is 2.62. The molecule has 0 saturated carbocycles. The molecular weight excluding hydrogens is 377 g/mol. The van der Waals surface area contributed by atoms with Crippen LogP contribution in [0, 0.1) is 5.82 Å². The summed E-state index contributed by atoms with van der Waals surface area (Å²) >= 11 is 3.33. The molecule has 124 valence electrons. The van der Waals surface area contributed by atoms with Crippen molar-refractivity contribution in [2.75, 3.05) is 16.8 Å². The summed E-state index contributed by atoms with van der Waals surface area (Å²) < 4.78 is 14.2. The third-order valence-corrected chi connectivity index (χ3v) is 4.16. The van der Waals surface area contributed by atoms with Crippen LogP contribution in [0.5, 0.6) is 0 Å². The van der Waals surface area contributed by atoms with E-state index in [1.165, 1.54) is 17.0 Å². The highest BCUT2D eigenvalue weighted by molar-refractivity contribution is 9.10. The Balaban J connectivity index is 1.61. The van der Waals surface area contributed by atoms with Crippen molar-refractivity contribution in [1.29, 1.82) is 0 Å². The molecule has 5 nitrogen and oxygen atoms in total. The second kappa shape index (κ2) is 7.00. The van der Waals surface area contributed by atoms with Gasteiger partial charge in [-0.2, -0.15) is 0 Å². The van der Waals surface area contributed by atoms with Crippen molar-refractivity contribution in [3.63, 3.8) is 0 Å². The molecule has 2 aromatic rings. The fourth-order valence-corrected chi connectivity index (χ4v) is 3.02. The molecule has 1 heterocycles. The maximum absolute atomic E-state index is 13.3. The van der Waals surface area contributed by atoms with Crippen molar-refractivity contribution in [3.8, 4) is 0 Å². The highest BCUT2D eigenvalue weighted by Gasteiger charge is 2.31.